The van der Waals surface area contributed by atoms with Gasteiger partial charge in [-0.2, -0.15) is 0 Å². The van der Waals surface area contributed by atoms with Crippen molar-refractivity contribution in [3.8, 4) is 0 Å². The summed E-state index contributed by atoms with van der Waals surface area (Å²) in [6.07, 6.45) is 0. The first kappa shape index (κ1) is 14.1. The summed E-state index contributed by atoms with van der Waals surface area (Å²) in [5.41, 5.74) is 1.25. The summed E-state index contributed by atoms with van der Waals surface area (Å²) >= 11 is 0. The van der Waals surface area contributed by atoms with Crippen LogP contribution in [0.5, 0.6) is 0 Å². The molecule has 0 saturated carbocycles. The van der Waals surface area contributed by atoms with Gasteiger partial charge >= 0.3 is 5.97 Å². The van der Waals surface area contributed by atoms with Crippen molar-refractivity contribution in [3.63, 3.8) is 0 Å². The van der Waals surface area contributed by atoms with Gasteiger partial charge < -0.3 is 4.74 Å². The number of carbonyl (C=O) groups is 3. The molecule has 96 valence electrons. The second-order valence-electron chi connectivity index (χ2n) is 4.03. The average molecular weight is 248 g/mol. The summed E-state index contributed by atoms with van der Waals surface area (Å²) in [5.74, 6) is -3.15. The fourth-order valence-corrected chi connectivity index (χ4v) is 1.65. The minimum Gasteiger partial charge on any atom is -0.465 e. The number of carbonyl (C=O) groups excluding carboxylic acids is 3. The molecule has 0 heterocycles. The molecule has 1 rings (SSSR count). The van der Waals surface area contributed by atoms with Crippen LogP contribution < -0.4 is 0 Å². The first-order valence-electron chi connectivity index (χ1n) is 5.75. The Labute approximate surface area is 106 Å². The number of aryl methyl sites for hydroxylation is 1. The molecule has 0 aliphatic rings. The number of ether oxygens (including phenoxy) is 1. The van der Waals surface area contributed by atoms with Gasteiger partial charge in [0.25, 0.3) is 0 Å². The van der Waals surface area contributed by atoms with Gasteiger partial charge in [-0.25, -0.2) is 0 Å². The Bertz CT molecular complexity index is 476. The van der Waals surface area contributed by atoms with Crippen molar-refractivity contribution >= 4 is 17.5 Å². The molecular formula is C14H16O4. The predicted molar refractivity (Wildman–Crippen MR) is 66.3 cm³/mol. The van der Waals surface area contributed by atoms with Crippen LogP contribution in [0.4, 0.5) is 0 Å². The van der Waals surface area contributed by atoms with Gasteiger partial charge in [-0.1, -0.05) is 23.8 Å². The van der Waals surface area contributed by atoms with Gasteiger partial charge in [-0.3, -0.25) is 14.4 Å². The third kappa shape index (κ3) is 3.26. The highest BCUT2D eigenvalue weighted by molar-refractivity contribution is 6.22. The van der Waals surface area contributed by atoms with Crippen molar-refractivity contribution in [3.05, 3.63) is 35.4 Å². The number of esters is 1. The second kappa shape index (κ2) is 6.10. The Balaban J connectivity index is 3.04. The van der Waals surface area contributed by atoms with Crippen LogP contribution in [0, 0.1) is 12.8 Å². The van der Waals surface area contributed by atoms with E-state index >= 15 is 0 Å². The lowest BCUT2D eigenvalue weighted by Crippen LogP contribution is -2.32. The maximum absolute atomic E-state index is 12.1. The van der Waals surface area contributed by atoms with Crippen LogP contribution in [-0.2, 0) is 14.3 Å². The maximum Gasteiger partial charge on any atom is 0.324 e. The zero-order valence-electron chi connectivity index (χ0n) is 10.7. The molecule has 1 unspecified atom stereocenters. The fourth-order valence-electron chi connectivity index (χ4n) is 1.65. The number of ketones is 2. The number of hydrogen-bond donors (Lipinski definition) is 0. The van der Waals surface area contributed by atoms with Gasteiger partial charge in [-0.05, 0) is 26.8 Å². The summed E-state index contributed by atoms with van der Waals surface area (Å²) in [7, 11) is 0. The Morgan fingerprint density at radius 1 is 1.28 bits per heavy atom. The minimum absolute atomic E-state index is 0.143. The lowest BCUT2D eigenvalue weighted by Gasteiger charge is -2.11. The number of hydrogen-bond acceptors (Lipinski definition) is 4. The first-order chi connectivity index (χ1) is 8.47. The Morgan fingerprint density at radius 3 is 2.44 bits per heavy atom. The Kier molecular flexibility index (Phi) is 4.77. The normalized spacial score (nSPS) is 11.7. The van der Waals surface area contributed by atoms with Gasteiger partial charge in [0.15, 0.2) is 17.5 Å². The molecule has 0 radical (unpaired) electrons. The van der Waals surface area contributed by atoms with E-state index in [4.69, 9.17) is 4.74 Å². The highest BCUT2D eigenvalue weighted by atomic mass is 16.5. The van der Waals surface area contributed by atoms with Crippen LogP contribution >= 0.6 is 0 Å². The van der Waals surface area contributed by atoms with Crippen LogP contribution in [0.1, 0.15) is 29.8 Å². The second-order valence-corrected chi connectivity index (χ2v) is 4.03. The standard InChI is InChI=1S/C14H16O4/c1-4-18-14(17)12(10(3)15)13(16)11-7-5-6-9(2)8-11/h5-8,12H,4H2,1-3H3. The fraction of sp³-hybridized carbons (Fsp3) is 0.357. The van der Waals surface area contributed by atoms with Crippen molar-refractivity contribution < 1.29 is 19.1 Å². The van der Waals surface area contributed by atoms with E-state index in [1.807, 2.05) is 13.0 Å². The van der Waals surface area contributed by atoms with E-state index in [0.29, 0.717) is 5.56 Å². The number of benzene rings is 1. The van der Waals surface area contributed by atoms with Gasteiger partial charge in [-0.15, -0.1) is 0 Å². The lowest BCUT2D eigenvalue weighted by molar-refractivity contribution is -0.148. The molecular weight excluding hydrogens is 232 g/mol. The molecule has 0 fully saturated rings. The van der Waals surface area contributed by atoms with E-state index in [0.717, 1.165) is 5.56 Å². The SMILES string of the molecule is CCOC(=O)C(C(C)=O)C(=O)c1cccc(C)c1. The van der Waals surface area contributed by atoms with E-state index < -0.39 is 23.5 Å². The largest absolute Gasteiger partial charge is 0.465 e. The molecule has 0 spiro atoms. The molecule has 0 saturated heterocycles. The summed E-state index contributed by atoms with van der Waals surface area (Å²) in [4.78, 5) is 35.2. The lowest BCUT2D eigenvalue weighted by atomic mass is 9.93. The van der Waals surface area contributed by atoms with Crippen LogP contribution in [-0.4, -0.2) is 24.1 Å². The highest BCUT2D eigenvalue weighted by Gasteiger charge is 2.33. The van der Waals surface area contributed by atoms with Crippen molar-refractivity contribution in [1.82, 2.24) is 0 Å². The van der Waals surface area contributed by atoms with Crippen LogP contribution in [0.3, 0.4) is 0 Å². The Hall–Kier alpha value is -1.97. The molecule has 1 aromatic rings. The smallest absolute Gasteiger partial charge is 0.324 e. The quantitative estimate of drug-likeness (QED) is 0.454. The highest BCUT2D eigenvalue weighted by Crippen LogP contribution is 2.13. The topological polar surface area (TPSA) is 60.4 Å². The van der Waals surface area contributed by atoms with Gasteiger partial charge in [0.2, 0.25) is 0 Å². The van der Waals surface area contributed by atoms with Crippen molar-refractivity contribution in [1.29, 1.82) is 0 Å². The number of rotatable bonds is 5. The van der Waals surface area contributed by atoms with Crippen LogP contribution in [0.25, 0.3) is 0 Å². The average Bonchev–Trinajstić information content (AvgIpc) is 2.28. The van der Waals surface area contributed by atoms with Gasteiger partial charge in [0, 0.05) is 5.56 Å². The minimum atomic E-state index is -1.35. The van der Waals surface area contributed by atoms with E-state index in [1.54, 1.807) is 25.1 Å². The van der Waals surface area contributed by atoms with Gasteiger partial charge in [0.05, 0.1) is 6.61 Å². The monoisotopic (exact) mass is 248 g/mol. The van der Waals surface area contributed by atoms with Crippen molar-refractivity contribution in [2.75, 3.05) is 6.61 Å². The molecule has 0 N–H and O–H groups in total. The molecule has 1 atom stereocenters. The first-order valence-corrected chi connectivity index (χ1v) is 5.75. The zero-order chi connectivity index (χ0) is 13.7. The maximum atomic E-state index is 12.1. The summed E-state index contributed by atoms with van der Waals surface area (Å²) in [6.45, 7) is 4.83. The predicted octanol–water partition coefficient (Wildman–Crippen LogP) is 1.95. The van der Waals surface area contributed by atoms with Gasteiger partial charge in [0.1, 0.15) is 0 Å². The number of Topliss-reactive ketones (excluding diaryl/α,β-unsaturated/α-hetero) is 2. The molecule has 0 amide bonds. The van der Waals surface area contributed by atoms with Crippen LogP contribution in [0.2, 0.25) is 0 Å². The third-order valence-electron chi connectivity index (χ3n) is 2.49. The summed E-state index contributed by atoms with van der Waals surface area (Å²) in [6, 6.07) is 6.79. The van der Waals surface area contributed by atoms with Crippen molar-refractivity contribution in [2.24, 2.45) is 5.92 Å². The molecule has 0 aromatic heterocycles. The van der Waals surface area contributed by atoms with E-state index in [-0.39, 0.29) is 6.61 Å². The van der Waals surface area contributed by atoms with Crippen LogP contribution in [0.15, 0.2) is 24.3 Å². The third-order valence-corrected chi connectivity index (χ3v) is 2.49. The summed E-state index contributed by atoms with van der Waals surface area (Å²) in [5, 5.41) is 0. The Morgan fingerprint density at radius 2 is 1.94 bits per heavy atom. The molecule has 18 heavy (non-hydrogen) atoms. The molecule has 1 aromatic carbocycles. The molecule has 0 aliphatic carbocycles. The molecule has 4 heteroatoms. The summed E-state index contributed by atoms with van der Waals surface area (Å²) < 4.78 is 4.76. The van der Waals surface area contributed by atoms with E-state index in [9.17, 15) is 14.4 Å². The zero-order valence-corrected chi connectivity index (χ0v) is 10.7. The van der Waals surface area contributed by atoms with E-state index in [2.05, 4.69) is 0 Å². The molecule has 0 bridgehead atoms. The van der Waals surface area contributed by atoms with Crippen molar-refractivity contribution in [2.45, 2.75) is 20.8 Å². The van der Waals surface area contributed by atoms with E-state index in [1.165, 1.54) is 6.92 Å². The molecule has 0 aliphatic heterocycles. The molecule has 4 nitrogen and oxygen atoms in total.